The van der Waals surface area contributed by atoms with Gasteiger partial charge in [-0.05, 0) is 93.2 Å². The lowest BCUT2D eigenvalue weighted by atomic mass is 9.90. The molecule has 0 fully saturated rings. The molecule has 0 saturated carbocycles. The molecule has 314 valence electrons. The Kier molecular flexibility index (Phi) is 9.17. The minimum Gasteiger partial charge on any atom is -0.456 e. The number of furan rings is 1. The summed E-state index contributed by atoms with van der Waals surface area (Å²) >= 11 is 0. The first-order valence-corrected chi connectivity index (χ1v) is 22.9. The molecular formula is C64H42N2O. The summed E-state index contributed by atoms with van der Waals surface area (Å²) in [6.45, 7) is 0. The summed E-state index contributed by atoms with van der Waals surface area (Å²) in [5.74, 6) is 0. The number of aromatic nitrogens is 1. The van der Waals surface area contributed by atoms with Gasteiger partial charge in [-0.25, -0.2) is 0 Å². The van der Waals surface area contributed by atoms with E-state index in [9.17, 15) is 0 Å². The zero-order valence-electron chi connectivity index (χ0n) is 36.6. The molecule has 0 bridgehead atoms. The quantitative estimate of drug-likeness (QED) is 0.152. The molecule has 67 heavy (non-hydrogen) atoms. The van der Waals surface area contributed by atoms with Gasteiger partial charge < -0.3 is 13.9 Å². The van der Waals surface area contributed by atoms with E-state index in [0.29, 0.717) is 0 Å². The number of hydrogen-bond donors (Lipinski definition) is 0. The second-order valence-electron chi connectivity index (χ2n) is 17.2. The summed E-state index contributed by atoms with van der Waals surface area (Å²) in [7, 11) is 0. The molecule has 0 N–H and O–H groups in total. The average molecular weight is 855 g/mol. The zero-order chi connectivity index (χ0) is 44.3. The van der Waals surface area contributed by atoms with Crippen LogP contribution in [0.5, 0.6) is 0 Å². The molecule has 0 amide bonds. The minimum absolute atomic E-state index is 0.869. The molecule has 2 heterocycles. The van der Waals surface area contributed by atoms with Gasteiger partial charge in [0.1, 0.15) is 11.2 Å². The third-order valence-corrected chi connectivity index (χ3v) is 13.4. The predicted octanol–water partition coefficient (Wildman–Crippen LogP) is 18.0. The molecule has 0 saturated heterocycles. The normalized spacial score (nSPS) is 11.6. The number of para-hydroxylation sites is 6. The van der Waals surface area contributed by atoms with Gasteiger partial charge in [-0.1, -0.05) is 200 Å². The lowest BCUT2D eigenvalue weighted by Gasteiger charge is -2.30. The van der Waals surface area contributed by atoms with Crippen molar-refractivity contribution in [2.45, 2.75) is 0 Å². The van der Waals surface area contributed by atoms with E-state index in [1.165, 1.54) is 49.3 Å². The summed E-state index contributed by atoms with van der Waals surface area (Å²) in [5, 5.41) is 7.08. The number of rotatable bonds is 8. The van der Waals surface area contributed by atoms with Gasteiger partial charge in [-0.3, -0.25) is 0 Å². The molecule has 0 aliphatic heterocycles. The van der Waals surface area contributed by atoms with Crippen molar-refractivity contribution >= 4 is 71.6 Å². The SMILES string of the molecule is c1ccc(-c2cccc3cccc(-c4ccccc4N(c4cccc(-c5cccc6c7ccccc7n(-c7ccccc7)c56)c4)c4ccccc4-c4cccc5oc6ccccc6c45)c23)cc1. The van der Waals surface area contributed by atoms with E-state index in [4.69, 9.17) is 4.42 Å². The smallest absolute Gasteiger partial charge is 0.136 e. The van der Waals surface area contributed by atoms with Gasteiger partial charge in [0, 0.05) is 49.6 Å². The third kappa shape index (κ3) is 6.35. The number of benzene rings is 11. The largest absolute Gasteiger partial charge is 0.456 e. The van der Waals surface area contributed by atoms with E-state index in [1.54, 1.807) is 0 Å². The summed E-state index contributed by atoms with van der Waals surface area (Å²) in [5.41, 5.74) is 17.6. The molecule has 2 aromatic heterocycles. The topological polar surface area (TPSA) is 21.3 Å². The fourth-order valence-corrected chi connectivity index (χ4v) is 10.5. The lowest BCUT2D eigenvalue weighted by molar-refractivity contribution is 0.669. The standard InChI is InChI=1S/C64H42N2O/c1-3-20-43(21-4-1)48-32-16-22-44-23-17-34-53(62(44)48)50-28-7-11-37-57(50)65(58-38-12-8-29-51(58)54-35-19-41-61-63(54)56-31-10-14-40-60(56)67-61)47-27-15-24-45(42-47)49-33-18-36-55-52-30-9-13-39-59(52)66(64(49)55)46-25-5-2-6-26-46/h1-42H. The highest BCUT2D eigenvalue weighted by Crippen LogP contribution is 2.49. The molecule has 11 aromatic carbocycles. The maximum absolute atomic E-state index is 6.50. The van der Waals surface area contributed by atoms with Crippen molar-refractivity contribution in [3.05, 3.63) is 255 Å². The molecule has 0 aliphatic rings. The van der Waals surface area contributed by atoms with Crippen molar-refractivity contribution in [1.82, 2.24) is 4.57 Å². The molecule has 0 spiro atoms. The minimum atomic E-state index is 0.869. The van der Waals surface area contributed by atoms with Crippen molar-refractivity contribution in [2.75, 3.05) is 4.90 Å². The first kappa shape index (κ1) is 38.5. The lowest BCUT2D eigenvalue weighted by Crippen LogP contribution is -2.12. The van der Waals surface area contributed by atoms with Crippen LogP contribution >= 0.6 is 0 Å². The zero-order valence-corrected chi connectivity index (χ0v) is 36.6. The molecule has 0 atom stereocenters. The Morgan fingerprint density at radius 2 is 0.851 bits per heavy atom. The summed E-state index contributed by atoms with van der Waals surface area (Å²) in [4.78, 5) is 2.48. The summed E-state index contributed by atoms with van der Waals surface area (Å²) in [6.07, 6.45) is 0. The van der Waals surface area contributed by atoms with Crippen molar-refractivity contribution in [3.63, 3.8) is 0 Å². The maximum atomic E-state index is 6.50. The van der Waals surface area contributed by atoms with Crippen LogP contribution in [-0.4, -0.2) is 4.57 Å². The van der Waals surface area contributed by atoms with E-state index in [-0.39, 0.29) is 0 Å². The van der Waals surface area contributed by atoms with E-state index in [1.807, 2.05) is 6.07 Å². The second kappa shape index (κ2) is 16.0. The Morgan fingerprint density at radius 1 is 0.328 bits per heavy atom. The Bertz CT molecular complexity index is 3990. The molecule has 3 nitrogen and oxygen atoms in total. The van der Waals surface area contributed by atoms with E-state index >= 15 is 0 Å². The van der Waals surface area contributed by atoms with Crippen LogP contribution in [0.25, 0.3) is 105 Å². The molecule has 13 aromatic rings. The van der Waals surface area contributed by atoms with Crippen LogP contribution in [0.15, 0.2) is 259 Å². The molecule has 0 unspecified atom stereocenters. The molecule has 0 aliphatic carbocycles. The van der Waals surface area contributed by atoms with E-state index in [2.05, 4.69) is 258 Å². The van der Waals surface area contributed by atoms with Gasteiger partial charge in [-0.15, -0.1) is 0 Å². The van der Waals surface area contributed by atoms with Crippen molar-refractivity contribution in [1.29, 1.82) is 0 Å². The van der Waals surface area contributed by atoms with Crippen LogP contribution in [0.2, 0.25) is 0 Å². The van der Waals surface area contributed by atoms with Crippen LogP contribution in [0.1, 0.15) is 0 Å². The van der Waals surface area contributed by atoms with E-state index < -0.39 is 0 Å². The Hall–Kier alpha value is -8.92. The number of nitrogens with zero attached hydrogens (tertiary/aromatic N) is 2. The predicted molar refractivity (Wildman–Crippen MR) is 282 cm³/mol. The highest BCUT2D eigenvalue weighted by atomic mass is 16.3. The van der Waals surface area contributed by atoms with Crippen LogP contribution in [0.3, 0.4) is 0 Å². The Balaban J connectivity index is 1.09. The molecule has 13 rings (SSSR count). The maximum Gasteiger partial charge on any atom is 0.136 e. The van der Waals surface area contributed by atoms with Gasteiger partial charge in [0.15, 0.2) is 0 Å². The Labute approximate surface area is 388 Å². The number of anilines is 3. The molecular weight excluding hydrogens is 813 g/mol. The van der Waals surface area contributed by atoms with Gasteiger partial charge in [0.25, 0.3) is 0 Å². The van der Waals surface area contributed by atoms with Gasteiger partial charge in [0.05, 0.1) is 22.4 Å². The van der Waals surface area contributed by atoms with Gasteiger partial charge in [-0.2, -0.15) is 0 Å². The molecule has 0 radical (unpaired) electrons. The third-order valence-electron chi connectivity index (χ3n) is 13.4. The first-order valence-electron chi connectivity index (χ1n) is 22.9. The summed E-state index contributed by atoms with van der Waals surface area (Å²) < 4.78 is 8.92. The van der Waals surface area contributed by atoms with Crippen LogP contribution < -0.4 is 4.90 Å². The van der Waals surface area contributed by atoms with Crippen LogP contribution in [0.4, 0.5) is 17.1 Å². The van der Waals surface area contributed by atoms with Crippen LogP contribution in [0, 0.1) is 0 Å². The number of fused-ring (bicyclic) bond motifs is 7. The first-order chi connectivity index (χ1) is 33.3. The van der Waals surface area contributed by atoms with Crippen LogP contribution in [-0.2, 0) is 0 Å². The highest BCUT2D eigenvalue weighted by Gasteiger charge is 2.25. The summed E-state index contributed by atoms with van der Waals surface area (Å²) in [6, 6.07) is 92.0. The van der Waals surface area contributed by atoms with E-state index in [0.717, 1.165) is 72.5 Å². The fraction of sp³-hybridized carbons (Fsp3) is 0. The number of hydrogen-bond acceptors (Lipinski definition) is 2. The second-order valence-corrected chi connectivity index (χ2v) is 17.2. The van der Waals surface area contributed by atoms with Gasteiger partial charge >= 0.3 is 0 Å². The monoisotopic (exact) mass is 854 g/mol. The fourth-order valence-electron chi connectivity index (χ4n) is 10.5. The van der Waals surface area contributed by atoms with Crippen molar-refractivity contribution < 1.29 is 4.42 Å². The van der Waals surface area contributed by atoms with Crippen molar-refractivity contribution in [2.24, 2.45) is 0 Å². The average Bonchev–Trinajstić information content (AvgIpc) is 3.96. The Morgan fingerprint density at radius 3 is 1.63 bits per heavy atom. The highest BCUT2D eigenvalue weighted by molar-refractivity contribution is 6.16. The van der Waals surface area contributed by atoms with Crippen molar-refractivity contribution in [3.8, 4) is 50.2 Å². The molecule has 3 heteroatoms. The van der Waals surface area contributed by atoms with Gasteiger partial charge in [0.2, 0.25) is 0 Å².